The summed E-state index contributed by atoms with van der Waals surface area (Å²) in [4.78, 5) is 4.02. The van der Waals surface area contributed by atoms with Crippen LogP contribution in [0.5, 0.6) is 5.75 Å². The zero-order valence-corrected chi connectivity index (χ0v) is 11.6. The minimum absolute atomic E-state index is 0.0159. The number of aryl methyl sites for hydroxylation is 1. The third-order valence-electron chi connectivity index (χ3n) is 2.83. The van der Waals surface area contributed by atoms with E-state index in [4.69, 9.17) is 4.52 Å². The average Bonchev–Trinajstić information content (AvgIpc) is 2.75. The molecule has 102 valence electrons. The quantitative estimate of drug-likeness (QED) is 0.923. The lowest BCUT2D eigenvalue weighted by Crippen LogP contribution is -2.09. The second-order valence-corrected chi connectivity index (χ2v) is 6.82. The maximum absolute atomic E-state index is 11.4. The van der Waals surface area contributed by atoms with Gasteiger partial charge in [0.2, 0.25) is 0 Å². The molecule has 1 atom stereocenters. The van der Waals surface area contributed by atoms with E-state index in [1.807, 2.05) is 6.92 Å². The van der Waals surface area contributed by atoms with Crippen LogP contribution in [0.2, 0.25) is 0 Å². The van der Waals surface area contributed by atoms with Crippen LogP contribution in [0.4, 0.5) is 0 Å². The first-order valence-electron chi connectivity index (χ1n) is 5.61. The Hall–Kier alpha value is -1.89. The Kier molecular flexibility index (Phi) is 3.32. The van der Waals surface area contributed by atoms with Crippen molar-refractivity contribution in [3.8, 4) is 17.2 Å². The largest absolute Gasteiger partial charge is 0.507 e. The summed E-state index contributed by atoms with van der Waals surface area (Å²) in [5, 5.41) is 12.6. The van der Waals surface area contributed by atoms with Crippen molar-refractivity contribution in [3.05, 3.63) is 29.6 Å². The molecule has 0 fully saturated rings. The first-order chi connectivity index (χ1) is 8.79. The smallest absolute Gasteiger partial charge is 0.261 e. The number of hydrogen-bond acceptors (Lipinski definition) is 6. The molecule has 1 aromatic carbocycles. The Bertz CT molecular complexity index is 706. The summed E-state index contributed by atoms with van der Waals surface area (Å²) in [5.74, 6) is 0.197. The third kappa shape index (κ3) is 2.76. The molecule has 0 aliphatic rings. The standard InChI is InChI=1S/C12H14N2O4S/c1-7-4-5-9(10(15)6-7)12-13-11(14-18-12)8(2)19(3,16)17/h4-6,8,15H,1-3H3. The maximum Gasteiger partial charge on any atom is 0.261 e. The van der Waals surface area contributed by atoms with Gasteiger partial charge >= 0.3 is 0 Å². The number of sulfone groups is 1. The molecule has 0 saturated carbocycles. The fourth-order valence-corrected chi connectivity index (χ4v) is 2.00. The van der Waals surface area contributed by atoms with Gasteiger partial charge in [-0.25, -0.2) is 8.42 Å². The molecule has 0 aliphatic carbocycles. The topological polar surface area (TPSA) is 93.3 Å². The lowest BCUT2D eigenvalue weighted by Gasteiger charge is -2.02. The fourth-order valence-electron chi connectivity index (χ4n) is 1.52. The number of phenols is 1. The van der Waals surface area contributed by atoms with Gasteiger partial charge in [0.25, 0.3) is 5.89 Å². The normalized spacial score (nSPS) is 13.4. The van der Waals surface area contributed by atoms with Gasteiger partial charge in [-0.3, -0.25) is 0 Å². The van der Waals surface area contributed by atoms with Crippen molar-refractivity contribution in [1.29, 1.82) is 0 Å². The van der Waals surface area contributed by atoms with Crippen molar-refractivity contribution in [1.82, 2.24) is 10.1 Å². The minimum Gasteiger partial charge on any atom is -0.507 e. The summed E-state index contributed by atoms with van der Waals surface area (Å²) in [5.41, 5.74) is 1.27. The molecule has 1 unspecified atom stereocenters. The van der Waals surface area contributed by atoms with E-state index in [0.717, 1.165) is 11.8 Å². The predicted octanol–water partition coefficient (Wildman–Crippen LogP) is 1.86. The van der Waals surface area contributed by atoms with Crippen LogP contribution in [-0.4, -0.2) is 29.9 Å². The zero-order chi connectivity index (χ0) is 14.2. The van der Waals surface area contributed by atoms with E-state index < -0.39 is 15.1 Å². The molecule has 0 aliphatic heterocycles. The van der Waals surface area contributed by atoms with Crippen LogP contribution in [0.1, 0.15) is 23.6 Å². The van der Waals surface area contributed by atoms with E-state index >= 15 is 0 Å². The van der Waals surface area contributed by atoms with E-state index in [0.29, 0.717) is 5.56 Å². The van der Waals surface area contributed by atoms with Gasteiger partial charge in [-0.2, -0.15) is 4.98 Å². The molecule has 0 bridgehead atoms. The van der Waals surface area contributed by atoms with Crippen molar-refractivity contribution in [2.75, 3.05) is 6.26 Å². The highest BCUT2D eigenvalue weighted by Crippen LogP contribution is 2.30. The average molecular weight is 282 g/mol. The van der Waals surface area contributed by atoms with E-state index in [1.165, 1.54) is 6.92 Å². The summed E-state index contributed by atoms with van der Waals surface area (Å²) in [6.45, 7) is 3.33. The third-order valence-corrected chi connectivity index (χ3v) is 4.33. The molecule has 2 aromatic rings. The molecule has 7 heteroatoms. The maximum atomic E-state index is 11.4. The molecule has 19 heavy (non-hydrogen) atoms. The highest BCUT2D eigenvalue weighted by atomic mass is 32.2. The number of aromatic hydroxyl groups is 1. The molecule has 1 aromatic heterocycles. The van der Waals surface area contributed by atoms with Gasteiger partial charge in [0.1, 0.15) is 11.0 Å². The Balaban J connectivity index is 2.41. The predicted molar refractivity (Wildman–Crippen MR) is 69.4 cm³/mol. The number of benzene rings is 1. The van der Waals surface area contributed by atoms with Gasteiger partial charge in [-0.1, -0.05) is 11.2 Å². The number of phenolic OH excluding ortho intramolecular Hbond substituents is 1. The van der Waals surface area contributed by atoms with Crippen LogP contribution in [0.25, 0.3) is 11.5 Å². The molecule has 0 saturated heterocycles. The van der Waals surface area contributed by atoms with Gasteiger partial charge in [-0.05, 0) is 31.5 Å². The Morgan fingerprint density at radius 2 is 2.05 bits per heavy atom. The monoisotopic (exact) mass is 282 g/mol. The van der Waals surface area contributed by atoms with Crippen molar-refractivity contribution >= 4 is 9.84 Å². The summed E-state index contributed by atoms with van der Waals surface area (Å²) >= 11 is 0. The van der Waals surface area contributed by atoms with Crippen LogP contribution in [-0.2, 0) is 9.84 Å². The number of rotatable bonds is 3. The highest BCUT2D eigenvalue weighted by molar-refractivity contribution is 7.90. The van der Waals surface area contributed by atoms with E-state index in [2.05, 4.69) is 10.1 Å². The summed E-state index contributed by atoms with van der Waals surface area (Å²) in [7, 11) is -3.29. The van der Waals surface area contributed by atoms with Crippen LogP contribution >= 0.6 is 0 Å². The van der Waals surface area contributed by atoms with Gasteiger partial charge in [0, 0.05) is 6.26 Å². The van der Waals surface area contributed by atoms with Crippen molar-refractivity contribution in [2.45, 2.75) is 19.1 Å². The molecular weight excluding hydrogens is 268 g/mol. The Morgan fingerprint density at radius 3 is 2.63 bits per heavy atom. The minimum atomic E-state index is -3.29. The van der Waals surface area contributed by atoms with Crippen LogP contribution in [0, 0.1) is 6.92 Å². The molecule has 6 nitrogen and oxygen atoms in total. The van der Waals surface area contributed by atoms with Gasteiger partial charge in [0.05, 0.1) is 5.56 Å². The molecule has 1 N–H and O–H groups in total. The molecule has 0 radical (unpaired) electrons. The summed E-state index contributed by atoms with van der Waals surface area (Å²) in [6, 6.07) is 5.01. The SMILES string of the molecule is Cc1ccc(-c2nc(C(C)S(C)(=O)=O)no2)c(O)c1. The molecular formula is C12H14N2O4S. The van der Waals surface area contributed by atoms with E-state index in [9.17, 15) is 13.5 Å². The Morgan fingerprint density at radius 1 is 1.37 bits per heavy atom. The van der Waals surface area contributed by atoms with Crippen LogP contribution in [0.3, 0.4) is 0 Å². The van der Waals surface area contributed by atoms with Crippen LogP contribution < -0.4 is 0 Å². The number of hydrogen-bond donors (Lipinski definition) is 1. The van der Waals surface area contributed by atoms with Gasteiger partial charge in [-0.15, -0.1) is 0 Å². The van der Waals surface area contributed by atoms with Crippen molar-refractivity contribution < 1.29 is 18.0 Å². The summed E-state index contributed by atoms with van der Waals surface area (Å²) in [6.07, 6.45) is 1.11. The second-order valence-electron chi connectivity index (χ2n) is 4.45. The first kappa shape index (κ1) is 13.5. The number of aromatic nitrogens is 2. The highest BCUT2D eigenvalue weighted by Gasteiger charge is 2.24. The number of nitrogens with zero attached hydrogens (tertiary/aromatic N) is 2. The molecule has 0 amide bonds. The molecule has 1 heterocycles. The van der Waals surface area contributed by atoms with Crippen molar-refractivity contribution in [2.24, 2.45) is 0 Å². The van der Waals surface area contributed by atoms with Crippen LogP contribution in [0.15, 0.2) is 22.7 Å². The lowest BCUT2D eigenvalue weighted by molar-refractivity contribution is 0.416. The molecule has 0 spiro atoms. The van der Waals surface area contributed by atoms with Gasteiger partial charge < -0.3 is 9.63 Å². The van der Waals surface area contributed by atoms with Gasteiger partial charge in [0.15, 0.2) is 15.7 Å². The second kappa shape index (κ2) is 4.65. The summed E-state index contributed by atoms with van der Waals surface area (Å²) < 4.78 is 27.8. The lowest BCUT2D eigenvalue weighted by atomic mass is 10.1. The fraction of sp³-hybridized carbons (Fsp3) is 0.333. The zero-order valence-electron chi connectivity index (χ0n) is 10.8. The van der Waals surface area contributed by atoms with E-state index in [1.54, 1.807) is 18.2 Å². The first-order valence-corrected chi connectivity index (χ1v) is 7.57. The van der Waals surface area contributed by atoms with Crippen molar-refractivity contribution in [3.63, 3.8) is 0 Å². The molecule has 2 rings (SSSR count). The van der Waals surface area contributed by atoms with E-state index in [-0.39, 0.29) is 17.5 Å². The Labute approximate surface area is 111 Å².